The highest BCUT2D eigenvalue weighted by molar-refractivity contribution is 5.99. The van der Waals surface area contributed by atoms with E-state index in [1.165, 1.54) is 24.3 Å². The summed E-state index contributed by atoms with van der Waals surface area (Å²) in [6.07, 6.45) is -3.22. The van der Waals surface area contributed by atoms with E-state index in [-0.39, 0.29) is 29.8 Å². The van der Waals surface area contributed by atoms with Crippen LogP contribution in [0.5, 0.6) is 0 Å². The largest absolute Gasteiger partial charge is 0.480 e. The second-order valence-electron chi connectivity index (χ2n) is 6.29. The van der Waals surface area contributed by atoms with E-state index in [0.29, 0.717) is 0 Å². The first-order valence-electron chi connectivity index (χ1n) is 8.37. The lowest BCUT2D eigenvalue weighted by molar-refractivity contribution is -0.147. The van der Waals surface area contributed by atoms with Crippen LogP contribution in [-0.4, -0.2) is 45.8 Å². The van der Waals surface area contributed by atoms with Crippen LogP contribution in [0, 0.1) is 0 Å². The molecular weight excluding hydrogens is 379 g/mol. The molecule has 1 aromatic carbocycles. The van der Waals surface area contributed by atoms with Gasteiger partial charge < -0.3 is 19.7 Å². The molecule has 10 heteroatoms. The molecule has 0 bridgehead atoms. The van der Waals surface area contributed by atoms with E-state index < -0.39 is 36.0 Å². The standard InChI is InChI=1S/C18H20F3N3O4/c1-4-7-28-9-13(16(26)27)22-15(25)11-5-6-14-12(8-11)23-17(18(19,20)21)24(14)10(2)3/h4-6,8,10,13H,1,7,9H2,2-3H3,(H,22,25)(H,26,27)/t13-/m1/s1. The van der Waals surface area contributed by atoms with Gasteiger partial charge in [-0.3, -0.25) is 4.79 Å². The van der Waals surface area contributed by atoms with Crippen molar-refractivity contribution in [2.45, 2.75) is 32.1 Å². The number of aliphatic carboxylic acids is 1. The molecule has 0 aliphatic rings. The zero-order valence-corrected chi connectivity index (χ0v) is 15.3. The number of rotatable bonds is 8. The Labute approximate surface area is 158 Å². The van der Waals surface area contributed by atoms with Crippen LogP contribution >= 0.6 is 0 Å². The van der Waals surface area contributed by atoms with Gasteiger partial charge in [0.1, 0.15) is 0 Å². The van der Waals surface area contributed by atoms with Crippen LogP contribution in [0.1, 0.15) is 36.1 Å². The normalized spacial score (nSPS) is 12.9. The number of amides is 1. The van der Waals surface area contributed by atoms with Gasteiger partial charge in [0.15, 0.2) is 6.04 Å². The van der Waals surface area contributed by atoms with Gasteiger partial charge in [0.05, 0.1) is 24.2 Å². The van der Waals surface area contributed by atoms with Gasteiger partial charge in [0.2, 0.25) is 5.82 Å². The van der Waals surface area contributed by atoms with E-state index in [9.17, 15) is 22.8 Å². The molecule has 0 aliphatic heterocycles. The number of hydrogen-bond donors (Lipinski definition) is 2. The molecule has 7 nitrogen and oxygen atoms in total. The minimum atomic E-state index is -4.65. The predicted octanol–water partition coefficient (Wildman–Crippen LogP) is 3.02. The zero-order valence-electron chi connectivity index (χ0n) is 15.3. The molecule has 1 atom stereocenters. The van der Waals surface area contributed by atoms with Crippen molar-refractivity contribution in [3.63, 3.8) is 0 Å². The number of alkyl halides is 3. The SMILES string of the molecule is C=CCOC[C@@H](NC(=O)c1ccc2c(c1)nc(C(F)(F)F)n2C(C)C)C(=O)O. The monoisotopic (exact) mass is 399 g/mol. The Hall–Kier alpha value is -2.88. The van der Waals surface area contributed by atoms with Gasteiger partial charge in [-0.1, -0.05) is 6.08 Å². The quantitative estimate of drug-likeness (QED) is 0.526. The first kappa shape index (κ1) is 21.4. The first-order valence-corrected chi connectivity index (χ1v) is 8.37. The van der Waals surface area contributed by atoms with Gasteiger partial charge in [-0.2, -0.15) is 13.2 Å². The van der Waals surface area contributed by atoms with E-state index in [0.717, 1.165) is 4.57 Å². The maximum atomic E-state index is 13.3. The average Bonchev–Trinajstić information content (AvgIpc) is 3.00. The van der Waals surface area contributed by atoms with Crippen molar-refractivity contribution in [2.75, 3.05) is 13.2 Å². The number of carbonyl (C=O) groups excluding carboxylic acids is 1. The summed E-state index contributed by atoms with van der Waals surface area (Å²) in [6.45, 7) is 6.45. The number of aromatic nitrogens is 2. The Bertz CT molecular complexity index is 890. The minimum Gasteiger partial charge on any atom is -0.480 e. The molecule has 28 heavy (non-hydrogen) atoms. The number of nitrogens with zero attached hydrogens (tertiary/aromatic N) is 2. The lowest BCUT2D eigenvalue weighted by atomic mass is 10.1. The smallest absolute Gasteiger partial charge is 0.449 e. The maximum absolute atomic E-state index is 13.3. The number of carbonyl (C=O) groups is 2. The second kappa shape index (κ2) is 8.42. The van der Waals surface area contributed by atoms with Gasteiger partial charge in [0, 0.05) is 11.6 Å². The number of nitrogens with one attached hydrogen (secondary N) is 1. The summed E-state index contributed by atoms with van der Waals surface area (Å²) >= 11 is 0. The third kappa shape index (κ3) is 4.69. The van der Waals surface area contributed by atoms with Gasteiger partial charge in [-0.15, -0.1) is 6.58 Å². The highest BCUT2D eigenvalue weighted by atomic mass is 19.4. The summed E-state index contributed by atoms with van der Waals surface area (Å²) in [7, 11) is 0. The first-order chi connectivity index (χ1) is 13.1. The van der Waals surface area contributed by atoms with Crippen molar-refractivity contribution in [3.05, 3.63) is 42.2 Å². The Morgan fingerprint density at radius 2 is 2.07 bits per heavy atom. The topological polar surface area (TPSA) is 93.5 Å². The molecule has 0 saturated heterocycles. The molecule has 2 rings (SSSR count). The molecule has 152 valence electrons. The molecule has 1 amide bonds. The number of halogens is 3. The number of imidazole rings is 1. The molecule has 0 spiro atoms. The number of benzene rings is 1. The van der Waals surface area contributed by atoms with Crippen LogP contribution in [0.4, 0.5) is 13.2 Å². The molecule has 0 saturated carbocycles. The van der Waals surface area contributed by atoms with E-state index in [4.69, 9.17) is 9.84 Å². The summed E-state index contributed by atoms with van der Waals surface area (Å²) in [6, 6.07) is 2.06. The zero-order chi connectivity index (χ0) is 21.1. The fraction of sp³-hybridized carbons (Fsp3) is 0.389. The number of carboxylic acid groups (broad SMARTS) is 1. The third-order valence-corrected chi connectivity index (χ3v) is 3.85. The highest BCUT2D eigenvalue weighted by Gasteiger charge is 2.38. The molecule has 0 radical (unpaired) electrons. The Morgan fingerprint density at radius 1 is 1.39 bits per heavy atom. The summed E-state index contributed by atoms with van der Waals surface area (Å²) in [5.74, 6) is -3.12. The van der Waals surface area contributed by atoms with Crippen LogP contribution in [0.15, 0.2) is 30.9 Å². The van der Waals surface area contributed by atoms with Crippen LogP contribution in [0.25, 0.3) is 11.0 Å². The van der Waals surface area contributed by atoms with E-state index in [2.05, 4.69) is 16.9 Å². The average molecular weight is 399 g/mol. The van der Waals surface area contributed by atoms with Gasteiger partial charge in [0.25, 0.3) is 5.91 Å². The summed E-state index contributed by atoms with van der Waals surface area (Å²) < 4.78 is 45.9. The predicted molar refractivity (Wildman–Crippen MR) is 95.0 cm³/mol. The molecular formula is C18H20F3N3O4. The fourth-order valence-electron chi connectivity index (χ4n) is 2.65. The Balaban J connectivity index is 2.33. The fourth-order valence-corrected chi connectivity index (χ4v) is 2.65. The van der Waals surface area contributed by atoms with Crippen molar-refractivity contribution in [1.82, 2.24) is 14.9 Å². The van der Waals surface area contributed by atoms with Crippen LogP contribution in [0.2, 0.25) is 0 Å². The number of fused-ring (bicyclic) bond motifs is 1. The summed E-state index contributed by atoms with van der Waals surface area (Å²) in [4.78, 5) is 27.2. The van der Waals surface area contributed by atoms with Crippen LogP contribution < -0.4 is 5.32 Å². The number of ether oxygens (including phenoxy) is 1. The maximum Gasteiger partial charge on any atom is 0.449 e. The summed E-state index contributed by atoms with van der Waals surface area (Å²) in [5.41, 5.74) is 0.205. The Kier molecular flexibility index (Phi) is 6.45. The van der Waals surface area contributed by atoms with Crippen LogP contribution in [0.3, 0.4) is 0 Å². The van der Waals surface area contributed by atoms with Crippen molar-refractivity contribution in [2.24, 2.45) is 0 Å². The molecule has 0 fully saturated rings. The summed E-state index contributed by atoms with van der Waals surface area (Å²) in [5, 5.41) is 11.4. The van der Waals surface area contributed by atoms with Gasteiger partial charge in [-0.05, 0) is 32.0 Å². The lowest BCUT2D eigenvalue weighted by Gasteiger charge is -2.15. The van der Waals surface area contributed by atoms with Crippen molar-refractivity contribution in [1.29, 1.82) is 0 Å². The number of carboxylic acids is 1. The minimum absolute atomic E-state index is 0.00963. The molecule has 2 aromatic rings. The molecule has 2 N–H and O–H groups in total. The Morgan fingerprint density at radius 3 is 2.61 bits per heavy atom. The van der Waals surface area contributed by atoms with E-state index in [1.807, 2.05) is 0 Å². The molecule has 0 unspecified atom stereocenters. The molecule has 1 aromatic heterocycles. The van der Waals surface area contributed by atoms with E-state index in [1.54, 1.807) is 13.8 Å². The van der Waals surface area contributed by atoms with Crippen LogP contribution in [-0.2, 0) is 15.7 Å². The molecule has 0 aliphatic carbocycles. The van der Waals surface area contributed by atoms with Crippen molar-refractivity contribution in [3.8, 4) is 0 Å². The highest BCUT2D eigenvalue weighted by Crippen LogP contribution is 2.33. The number of hydrogen-bond acceptors (Lipinski definition) is 4. The third-order valence-electron chi connectivity index (χ3n) is 3.85. The van der Waals surface area contributed by atoms with E-state index >= 15 is 0 Å². The van der Waals surface area contributed by atoms with Crippen molar-refractivity contribution < 1.29 is 32.6 Å². The molecule has 1 heterocycles. The second-order valence-corrected chi connectivity index (χ2v) is 6.29. The van der Waals surface area contributed by atoms with Crippen molar-refractivity contribution >= 4 is 22.9 Å². The lowest BCUT2D eigenvalue weighted by Crippen LogP contribution is -2.44. The van der Waals surface area contributed by atoms with Gasteiger partial charge >= 0.3 is 12.1 Å². The van der Waals surface area contributed by atoms with Gasteiger partial charge in [-0.25, -0.2) is 9.78 Å².